The van der Waals surface area contributed by atoms with Gasteiger partial charge >= 0.3 is 0 Å². The average molecular weight is 341 g/mol. The monoisotopic (exact) mass is 339 g/mol. The molecule has 4 nitrogen and oxygen atoms in total. The van der Waals surface area contributed by atoms with Crippen LogP contribution in [0.3, 0.4) is 0 Å². The summed E-state index contributed by atoms with van der Waals surface area (Å²) in [4.78, 5) is 19.2. The van der Waals surface area contributed by atoms with Crippen molar-refractivity contribution in [2.24, 2.45) is 0 Å². The van der Waals surface area contributed by atoms with Crippen LogP contribution in [-0.2, 0) is 0 Å². The number of aromatic nitrogens is 2. The molecule has 0 unspecified atom stereocenters. The van der Waals surface area contributed by atoms with E-state index in [1.807, 2.05) is 25.1 Å². The molecule has 0 saturated heterocycles. The minimum absolute atomic E-state index is 0.150. The fourth-order valence-corrected chi connectivity index (χ4v) is 2.56. The molecule has 98 valence electrons. The van der Waals surface area contributed by atoms with Crippen LogP contribution in [0.1, 0.15) is 21.7 Å². The number of hydrogen-bond acceptors (Lipinski definition) is 4. The highest BCUT2D eigenvalue weighted by Gasteiger charge is 2.11. The Morgan fingerprint density at radius 1 is 1.26 bits per heavy atom. The lowest BCUT2D eigenvalue weighted by atomic mass is 10.2. The largest absolute Gasteiger partial charge is 0.339 e. The molecule has 0 aliphatic rings. The average Bonchev–Trinajstić information content (AvgIpc) is 2.26. The Morgan fingerprint density at radius 3 is 2.63 bits per heavy atom. The Balaban J connectivity index is 2.45. The number of benzene rings is 1. The minimum Gasteiger partial charge on any atom is -0.339 e. The van der Waals surface area contributed by atoms with Crippen molar-refractivity contribution in [3.8, 4) is 0 Å². The van der Waals surface area contributed by atoms with E-state index >= 15 is 0 Å². The van der Waals surface area contributed by atoms with Crippen molar-refractivity contribution < 1.29 is 4.79 Å². The fraction of sp³-hybridized carbons (Fsp3) is 0.154. The summed E-state index contributed by atoms with van der Waals surface area (Å²) >= 11 is 9.35. The standard InChI is InChI=1S/C13H11BrClN3O/c1-7-3-9(14)5-10(4-7)18-13-11(6-19)12(15)16-8(2)17-13/h3-6H,1-2H3,(H,16,17,18). The summed E-state index contributed by atoms with van der Waals surface area (Å²) in [7, 11) is 0. The summed E-state index contributed by atoms with van der Waals surface area (Å²) < 4.78 is 0.944. The van der Waals surface area contributed by atoms with Crippen LogP contribution in [0.2, 0.25) is 5.15 Å². The van der Waals surface area contributed by atoms with Gasteiger partial charge in [-0.05, 0) is 37.6 Å². The van der Waals surface area contributed by atoms with E-state index < -0.39 is 0 Å². The van der Waals surface area contributed by atoms with Crippen molar-refractivity contribution >= 4 is 45.3 Å². The van der Waals surface area contributed by atoms with E-state index in [0.717, 1.165) is 15.7 Å². The molecule has 1 N–H and O–H groups in total. The first-order valence-corrected chi connectivity index (χ1v) is 6.70. The Labute approximate surface area is 124 Å². The highest BCUT2D eigenvalue weighted by molar-refractivity contribution is 9.10. The molecule has 0 spiro atoms. The van der Waals surface area contributed by atoms with Crippen molar-refractivity contribution in [2.75, 3.05) is 5.32 Å². The van der Waals surface area contributed by atoms with Gasteiger partial charge in [0.1, 0.15) is 16.8 Å². The number of hydrogen-bond donors (Lipinski definition) is 1. The SMILES string of the molecule is Cc1cc(Br)cc(Nc2nc(C)nc(Cl)c2C=O)c1. The predicted molar refractivity (Wildman–Crippen MR) is 79.3 cm³/mol. The molecule has 19 heavy (non-hydrogen) atoms. The Bertz CT molecular complexity index is 626. The second-order valence-electron chi connectivity index (χ2n) is 4.08. The minimum atomic E-state index is 0.150. The van der Waals surface area contributed by atoms with E-state index in [1.54, 1.807) is 6.92 Å². The number of carbonyl (C=O) groups is 1. The summed E-state index contributed by atoms with van der Waals surface area (Å²) in [5.41, 5.74) is 2.16. The van der Waals surface area contributed by atoms with E-state index in [9.17, 15) is 4.79 Å². The van der Waals surface area contributed by atoms with Gasteiger partial charge in [-0.3, -0.25) is 4.79 Å². The topological polar surface area (TPSA) is 54.9 Å². The van der Waals surface area contributed by atoms with Crippen LogP contribution in [-0.4, -0.2) is 16.3 Å². The highest BCUT2D eigenvalue weighted by Crippen LogP contribution is 2.25. The van der Waals surface area contributed by atoms with Crippen molar-refractivity contribution in [2.45, 2.75) is 13.8 Å². The van der Waals surface area contributed by atoms with Crippen molar-refractivity contribution in [3.05, 3.63) is 44.8 Å². The number of aryl methyl sites for hydroxylation is 2. The van der Waals surface area contributed by atoms with Crippen molar-refractivity contribution in [1.82, 2.24) is 9.97 Å². The third kappa shape index (κ3) is 3.30. The molecule has 0 atom stereocenters. The summed E-state index contributed by atoms with van der Waals surface area (Å²) in [5, 5.41) is 3.24. The van der Waals surface area contributed by atoms with Crippen molar-refractivity contribution in [1.29, 1.82) is 0 Å². The van der Waals surface area contributed by atoms with Crippen LogP contribution < -0.4 is 5.32 Å². The molecule has 6 heteroatoms. The van der Waals surface area contributed by atoms with Crippen LogP contribution in [0.25, 0.3) is 0 Å². The number of nitrogens with one attached hydrogen (secondary N) is 1. The zero-order valence-corrected chi connectivity index (χ0v) is 12.7. The molecule has 0 saturated carbocycles. The second kappa shape index (κ2) is 5.67. The Morgan fingerprint density at radius 2 is 2.00 bits per heavy atom. The zero-order chi connectivity index (χ0) is 14.0. The highest BCUT2D eigenvalue weighted by atomic mass is 79.9. The number of rotatable bonds is 3. The van der Waals surface area contributed by atoms with E-state index in [0.29, 0.717) is 17.9 Å². The van der Waals surface area contributed by atoms with E-state index in [1.165, 1.54) is 0 Å². The fourth-order valence-electron chi connectivity index (χ4n) is 1.69. The normalized spacial score (nSPS) is 10.3. The smallest absolute Gasteiger partial charge is 0.156 e. The lowest BCUT2D eigenvalue weighted by Crippen LogP contribution is -2.03. The van der Waals surface area contributed by atoms with Gasteiger partial charge in [0.15, 0.2) is 6.29 Å². The van der Waals surface area contributed by atoms with Gasteiger partial charge in [-0.15, -0.1) is 0 Å². The lowest BCUT2D eigenvalue weighted by molar-refractivity contribution is 0.112. The summed E-state index contributed by atoms with van der Waals surface area (Å²) in [6, 6.07) is 5.83. The molecule has 0 aliphatic carbocycles. The zero-order valence-electron chi connectivity index (χ0n) is 10.4. The number of carbonyl (C=O) groups excluding carboxylic acids is 1. The van der Waals surface area contributed by atoms with E-state index in [4.69, 9.17) is 11.6 Å². The first kappa shape index (κ1) is 14.0. The summed E-state index contributed by atoms with van der Waals surface area (Å²) in [6.45, 7) is 3.70. The molecule has 1 aromatic heterocycles. The second-order valence-corrected chi connectivity index (χ2v) is 5.36. The molecule has 1 aromatic carbocycles. The number of anilines is 2. The van der Waals surface area contributed by atoms with Gasteiger partial charge < -0.3 is 5.32 Å². The van der Waals surface area contributed by atoms with Crippen LogP contribution in [0.5, 0.6) is 0 Å². The number of aldehydes is 1. The molecule has 0 radical (unpaired) electrons. The molecule has 0 aliphatic heterocycles. The third-order valence-electron chi connectivity index (χ3n) is 2.43. The van der Waals surface area contributed by atoms with E-state index in [2.05, 4.69) is 31.2 Å². The van der Waals surface area contributed by atoms with Gasteiger partial charge in [-0.2, -0.15) is 0 Å². The molecule has 0 bridgehead atoms. The van der Waals surface area contributed by atoms with Crippen LogP contribution in [0, 0.1) is 13.8 Å². The molecule has 0 fully saturated rings. The summed E-state index contributed by atoms with van der Waals surface area (Å²) in [6.07, 6.45) is 0.648. The maximum Gasteiger partial charge on any atom is 0.156 e. The van der Waals surface area contributed by atoms with Gasteiger partial charge in [-0.25, -0.2) is 9.97 Å². The molecule has 2 aromatic rings. The predicted octanol–water partition coefficient (Wildman–Crippen LogP) is 4.07. The molecule has 0 amide bonds. The lowest BCUT2D eigenvalue weighted by Gasteiger charge is -2.10. The molecule has 2 rings (SSSR count). The van der Waals surface area contributed by atoms with E-state index in [-0.39, 0.29) is 10.7 Å². The molecule has 1 heterocycles. The Hall–Kier alpha value is -1.46. The number of nitrogens with zero attached hydrogens (tertiary/aromatic N) is 2. The van der Waals surface area contributed by atoms with Crippen molar-refractivity contribution in [3.63, 3.8) is 0 Å². The number of halogens is 2. The summed E-state index contributed by atoms with van der Waals surface area (Å²) in [5.74, 6) is 0.912. The maximum absolute atomic E-state index is 11.1. The Kier molecular flexibility index (Phi) is 4.17. The van der Waals surface area contributed by atoms with Gasteiger partial charge in [-0.1, -0.05) is 27.5 Å². The van der Waals surface area contributed by atoms with Crippen LogP contribution in [0.15, 0.2) is 22.7 Å². The molecular weight excluding hydrogens is 330 g/mol. The van der Waals surface area contributed by atoms with Gasteiger partial charge in [0.2, 0.25) is 0 Å². The van der Waals surface area contributed by atoms with Gasteiger partial charge in [0.25, 0.3) is 0 Å². The first-order valence-electron chi connectivity index (χ1n) is 5.53. The quantitative estimate of drug-likeness (QED) is 0.676. The first-order chi connectivity index (χ1) is 8.99. The molecular formula is C13H11BrClN3O. The van der Waals surface area contributed by atoms with Gasteiger partial charge in [0.05, 0.1) is 5.56 Å². The van der Waals surface area contributed by atoms with Crippen LogP contribution >= 0.6 is 27.5 Å². The third-order valence-corrected chi connectivity index (χ3v) is 3.18. The maximum atomic E-state index is 11.1. The van der Waals surface area contributed by atoms with Gasteiger partial charge in [0, 0.05) is 10.2 Å². The van der Waals surface area contributed by atoms with Crippen LogP contribution in [0.4, 0.5) is 11.5 Å².